The van der Waals surface area contributed by atoms with Gasteiger partial charge >= 0.3 is 0 Å². The van der Waals surface area contributed by atoms with Gasteiger partial charge in [0.1, 0.15) is 0 Å². The molecule has 4 heteroatoms. The number of likely N-dealkylation sites (tertiary alicyclic amines) is 1. The van der Waals surface area contributed by atoms with Crippen LogP contribution in [0.15, 0.2) is 30.3 Å². The van der Waals surface area contributed by atoms with Gasteiger partial charge in [-0.3, -0.25) is 4.79 Å². The third-order valence-electron chi connectivity index (χ3n) is 3.89. The number of rotatable bonds is 3. The molecule has 1 fully saturated rings. The molecule has 4 nitrogen and oxygen atoms in total. The summed E-state index contributed by atoms with van der Waals surface area (Å²) < 4.78 is 0. The van der Waals surface area contributed by atoms with Gasteiger partial charge in [0.2, 0.25) is 5.91 Å². The first-order valence-corrected chi connectivity index (χ1v) is 7.07. The lowest BCUT2D eigenvalue weighted by molar-refractivity contribution is -0.127. The number of nitrogens with zero attached hydrogens (tertiary/aromatic N) is 1. The summed E-state index contributed by atoms with van der Waals surface area (Å²) in [5, 5.41) is 9.55. The predicted molar refractivity (Wildman–Crippen MR) is 80.9 cm³/mol. The molecule has 0 bridgehead atoms. The van der Waals surface area contributed by atoms with Crippen LogP contribution < -0.4 is 5.73 Å². The minimum absolute atomic E-state index is 0.0332. The Hall–Kier alpha value is -1.81. The standard InChI is InChI=1S/C16H22N2O2/c1-12(19)14-8-10-18(11-9-14)16(20)7-4-13-2-5-15(17)6-3-13/h2-7,12,14,19H,8-11,17H2,1H3/b7-4+. The van der Waals surface area contributed by atoms with Crippen LogP contribution in [0.4, 0.5) is 5.69 Å². The monoisotopic (exact) mass is 274 g/mol. The fourth-order valence-corrected chi connectivity index (χ4v) is 2.48. The molecule has 20 heavy (non-hydrogen) atoms. The highest BCUT2D eigenvalue weighted by Gasteiger charge is 2.24. The molecule has 1 atom stereocenters. The van der Waals surface area contributed by atoms with Crippen molar-refractivity contribution in [3.05, 3.63) is 35.9 Å². The van der Waals surface area contributed by atoms with E-state index in [0.717, 1.165) is 31.5 Å². The third-order valence-corrected chi connectivity index (χ3v) is 3.89. The van der Waals surface area contributed by atoms with E-state index in [1.54, 1.807) is 6.08 Å². The molecule has 1 saturated heterocycles. The van der Waals surface area contributed by atoms with Crippen LogP contribution in [-0.2, 0) is 4.79 Å². The molecular weight excluding hydrogens is 252 g/mol. The van der Waals surface area contributed by atoms with Crippen molar-refractivity contribution in [3.63, 3.8) is 0 Å². The summed E-state index contributed by atoms with van der Waals surface area (Å²) >= 11 is 0. The van der Waals surface area contributed by atoms with Gasteiger partial charge in [-0.05, 0) is 49.5 Å². The van der Waals surface area contributed by atoms with Crippen molar-refractivity contribution in [2.45, 2.75) is 25.9 Å². The van der Waals surface area contributed by atoms with E-state index in [1.807, 2.05) is 42.2 Å². The molecule has 1 aromatic carbocycles. The highest BCUT2D eigenvalue weighted by atomic mass is 16.3. The largest absolute Gasteiger partial charge is 0.399 e. The number of anilines is 1. The third kappa shape index (κ3) is 3.84. The summed E-state index contributed by atoms with van der Waals surface area (Å²) in [7, 11) is 0. The number of carbonyl (C=O) groups is 1. The Kier molecular flexibility index (Phi) is 4.79. The lowest BCUT2D eigenvalue weighted by atomic mass is 9.92. The van der Waals surface area contributed by atoms with E-state index in [1.165, 1.54) is 0 Å². The van der Waals surface area contributed by atoms with E-state index >= 15 is 0 Å². The van der Waals surface area contributed by atoms with Gasteiger partial charge in [-0.2, -0.15) is 0 Å². The average molecular weight is 274 g/mol. The quantitative estimate of drug-likeness (QED) is 0.653. The van der Waals surface area contributed by atoms with E-state index in [4.69, 9.17) is 5.73 Å². The fraction of sp³-hybridized carbons (Fsp3) is 0.438. The summed E-state index contributed by atoms with van der Waals surface area (Å²) in [6.07, 6.45) is 4.88. The van der Waals surface area contributed by atoms with Crippen LogP contribution in [-0.4, -0.2) is 35.1 Å². The molecule has 1 heterocycles. The number of hydrogen-bond donors (Lipinski definition) is 2. The molecule has 1 aliphatic rings. The van der Waals surface area contributed by atoms with Gasteiger partial charge in [-0.1, -0.05) is 12.1 Å². The van der Waals surface area contributed by atoms with Crippen molar-refractivity contribution >= 4 is 17.7 Å². The lowest BCUT2D eigenvalue weighted by Crippen LogP contribution is -2.39. The molecule has 1 unspecified atom stereocenters. The van der Waals surface area contributed by atoms with E-state index in [9.17, 15) is 9.90 Å². The van der Waals surface area contributed by atoms with Crippen molar-refractivity contribution in [2.24, 2.45) is 5.92 Å². The summed E-state index contributed by atoms with van der Waals surface area (Å²) in [5.74, 6) is 0.353. The van der Waals surface area contributed by atoms with Crippen molar-refractivity contribution in [1.29, 1.82) is 0 Å². The second-order valence-electron chi connectivity index (χ2n) is 5.40. The van der Waals surface area contributed by atoms with Gasteiger partial charge < -0.3 is 15.7 Å². The minimum atomic E-state index is -0.280. The van der Waals surface area contributed by atoms with Crippen LogP contribution in [0.5, 0.6) is 0 Å². The molecule has 108 valence electrons. The topological polar surface area (TPSA) is 66.6 Å². The van der Waals surface area contributed by atoms with Crippen molar-refractivity contribution in [2.75, 3.05) is 18.8 Å². The number of nitrogens with two attached hydrogens (primary N) is 1. The van der Waals surface area contributed by atoms with Gasteiger partial charge in [0.05, 0.1) is 6.10 Å². The smallest absolute Gasteiger partial charge is 0.246 e. The Morgan fingerprint density at radius 1 is 1.35 bits per heavy atom. The van der Waals surface area contributed by atoms with Gasteiger partial charge in [-0.15, -0.1) is 0 Å². The van der Waals surface area contributed by atoms with Crippen LogP contribution in [0.2, 0.25) is 0 Å². The lowest BCUT2D eigenvalue weighted by Gasteiger charge is -2.32. The molecular formula is C16H22N2O2. The Morgan fingerprint density at radius 3 is 2.50 bits per heavy atom. The Balaban J connectivity index is 1.88. The molecule has 0 radical (unpaired) electrons. The van der Waals surface area contributed by atoms with Gasteiger partial charge in [0, 0.05) is 24.9 Å². The van der Waals surface area contributed by atoms with Gasteiger partial charge in [0.15, 0.2) is 0 Å². The Bertz CT molecular complexity index is 472. The van der Waals surface area contributed by atoms with Crippen LogP contribution in [0, 0.1) is 5.92 Å². The second-order valence-corrected chi connectivity index (χ2v) is 5.40. The SMILES string of the molecule is CC(O)C1CCN(C(=O)/C=C/c2ccc(N)cc2)CC1. The zero-order valence-corrected chi connectivity index (χ0v) is 11.8. The van der Waals surface area contributed by atoms with Crippen LogP contribution in [0.3, 0.4) is 0 Å². The van der Waals surface area contributed by atoms with E-state index < -0.39 is 0 Å². The Labute approximate surface area is 119 Å². The maximum Gasteiger partial charge on any atom is 0.246 e. The summed E-state index contributed by atoms with van der Waals surface area (Å²) in [6, 6.07) is 7.41. The molecule has 0 aromatic heterocycles. The van der Waals surface area contributed by atoms with Crippen molar-refractivity contribution in [3.8, 4) is 0 Å². The van der Waals surface area contributed by atoms with Crippen molar-refractivity contribution in [1.82, 2.24) is 4.90 Å². The van der Waals surface area contributed by atoms with Gasteiger partial charge in [-0.25, -0.2) is 0 Å². The molecule has 2 rings (SSSR count). The maximum absolute atomic E-state index is 12.1. The van der Waals surface area contributed by atoms with Crippen LogP contribution >= 0.6 is 0 Å². The highest BCUT2D eigenvalue weighted by molar-refractivity contribution is 5.91. The summed E-state index contributed by atoms with van der Waals surface area (Å²) in [6.45, 7) is 3.27. The first-order valence-electron chi connectivity index (χ1n) is 7.07. The number of amides is 1. The van der Waals surface area contributed by atoms with Crippen LogP contribution in [0.1, 0.15) is 25.3 Å². The maximum atomic E-state index is 12.1. The molecule has 1 amide bonds. The number of aliphatic hydroxyl groups is 1. The second kappa shape index (κ2) is 6.57. The number of aliphatic hydroxyl groups excluding tert-OH is 1. The van der Waals surface area contributed by atoms with E-state index in [2.05, 4.69) is 0 Å². The number of nitrogen functional groups attached to an aromatic ring is 1. The average Bonchev–Trinajstić information content (AvgIpc) is 2.46. The van der Waals surface area contributed by atoms with E-state index in [-0.39, 0.29) is 12.0 Å². The number of benzene rings is 1. The van der Waals surface area contributed by atoms with Crippen LogP contribution in [0.25, 0.3) is 6.08 Å². The highest BCUT2D eigenvalue weighted by Crippen LogP contribution is 2.20. The Morgan fingerprint density at radius 2 is 1.95 bits per heavy atom. The first kappa shape index (κ1) is 14.6. The summed E-state index contributed by atoms with van der Waals surface area (Å²) in [4.78, 5) is 13.9. The molecule has 1 aromatic rings. The normalized spacial score (nSPS) is 18.4. The molecule has 3 N–H and O–H groups in total. The van der Waals surface area contributed by atoms with Gasteiger partial charge in [0.25, 0.3) is 0 Å². The van der Waals surface area contributed by atoms with E-state index in [0.29, 0.717) is 11.6 Å². The van der Waals surface area contributed by atoms with Crippen molar-refractivity contribution < 1.29 is 9.90 Å². The minimum Gasteiger partial charge on any atom is -0.399 e. The molecule has 0 spiro atoms. The first-order chi connectivity index (χ1) is 9.56. The number of carbonyl (C=O) groups excluding carboxylic acids is 1. The number of hydrogen-bond acceptors (Lipinski definition) is 3. The zero-order valence-electron chi connectivity index (χ0n) is 11.8. The molecule has 0 saturated carbocycles. The fourth-order valence-electron chi connectivity index (χ4n) is 2.48. The molecule has 0 aliphatic carbocycles. The summed E-state index contributed by atoms with van der Waals surface area (Å²) in [5.41, 5.74) is 7.30. The molecule has 1 aliphatic heterocycles. The number of piperidine rings is 1. The predicted octanol–water partition coefficient (Wildman–Crippen LogP) is 1.90. The zero-order chi connectivity index (χ0) is 14.5.